The Morgan fingerprint density at radius 1 is 0.207 bits per heavy atom. The van der Waals surface area contributed by atoms with Crippen LogP contribution in [0.2, 0.25) is 0 Å². The van der Waals surface area contributed by atoms with Gasteiger partial charge in [-0.15, -0.1) is 0 Å². The van der Waals surface area contributed by atoms with Gasteiger partial charge in [0.1, 0.15) is 0 Å². The van der Waals surface area contributed by atoms with Crippen LogP contribution < -0.4 is 0 Å². The second kappa shape index (κ2) is 19.3. The van der Waals surface area contributed by atoms with E-state index in [-0.39, 0.29) is 0 Å². The van der Waals surface area contributed by atoms with Crippen molar-refractivity contribution in [2.75, 3.05) is 0 Å². The first-order valence-electron chi connectivity index (χ1n) is 31.7. The third-order valence-corrected chi connectivity index (χ3v) is 20.6. The molecular formula is C88H52N4. The summed E-state index contributed by atoms with van der Waals surface area (Å²) in [6, 6.07) is 112. The summed E-state index contributed by atoms with van der Waals surface area (Å²) in [6.45, 7) is 0. The van der Waals surface area contributed by atoms with Crippen molar-refractivity contribution in [1.29, 1.82) is 0 Å². The molecule has 0 saturated carbocycles. The Balaban J connectivity index is 0.860. The van der Waals surface area contributed by atoms with Gasteiger partial charge in [-0.3, -0.25) is 9.97 Å². The highest BCUT2D eigenvalue weighted by atomic mass is 14.9. The van der Waals surface area contributed by atoms with Gasteiger partial charge in [0.15, 0.2) is 5.82 Å². The van der Waals surface area contributed by atoms with Crippen LogP contribution in [0.5, 0.6) is 0 Å². The Hall–Kier alpha value is -12.0. The molecule has 3 aromatic heterocycles. The summed E-state index contributed by atoms with van der Waals surface area (Å²) in [5.41, 5.74) is 33.8. The topological polar surface area (TPSA) is 51.6 Å². The maximum atomic E-state index is 5.85. The average Bonchev–Trinajstić information content (AvgIpc) is 1.52. The highest BCUT2D eigenvalue weighted by Gasteiger charge is 2.53. The van der Waals surface area contributed by atoms with Gasteiger partial charge in [-0.2, -0.15) is 0 Å². The zero-order valence-electron chi connectivity index (χ0n) is 49.8. The fraction of sp³-hybridized carbons (Fsp3) is 0.0227. The van der Waals surface area contributed by atoms with Crippen molar-refractivity contribution < 1.29 is 0 Å². The van der Waals surface area contributed by atoms with Crippen molar-refractivity contribution in [2.24, 2.45) is 0 Å². The molecule has 0 amide bonds. The normalized spacial score (nSPS) is 13.6. The number of rotatable bonds is 6. The van der Waals surface area contributed by atoms with Gasteiger partial charge in [0, 0.05) is 56.4 Å². The predicted octanol–water partition coefficient (Wildman–Crippen LogP) is 21.4. The van der Waals surface area contributed by atoms with E-state index in [1.54, 1.807) is 0 Å². The predicted molar refractivity (Wildman–Crippen MR) is 375 cm³/mol. The smallest absolute Gasteiger partial charge is 0.160 e. The van der Waals surface area contributed by atoms with Crippen molar-refractivity contribution in [3.63, 3.8) is 0 Å². The van der Waals surface area contributed by atoms with E-state index in [0.717, 1.165) is 94.0 Å². The second-order valence-electron chi connectivity index (χ2n) is 25.0. The number of nitrogens with zero attached hydrogens (tertiary/aromatic N) is 4. The van der Waals surface area contributed by atoms with Gasteiger partial charge >= 0.3 is 0 Å². The van der Waals surface area contributed by atoms with Crippen LogP contribution in [0.3, 0.4) is 0 Å². The van der Waals surface area contributed by atoms with Crippen LogP contribution in [-0.4, -0.2) is 19.9 Å². The molecule has 20 rings (SSSR count). The van der Waals surface area contributed by atoms with Crippen LogP contribution in [0.25, 0.3) is 144 Å². The third-order valence-electron chi connectivity index (χ3n) is 20.6. The molecule has 0 atom stereocenters. The zero-order chi connectivity index (χ0) is 60.2. The summed E-state index contributed by atoms with van der Waals surface area (Å²) in [4.78, 5) is 21.3. The summed E-state index contributed by atoms with van der Waals surface area (Å²) >= 11 is 0. The van der Waals surface area contributed by atoms with Crippen molar-refractivity contribution >= 4 is 32.7 Å². The molecule has 16 aromatic rings. The lowest BCUT2D eigenvalue weighted by Crippen LogP contribution is -2.25. The molecule has 0 N–H and O–H groups in total. The Bertz CT molecular complexity index is 5700. The number of benzene rings is 13. The number of hydrogen-bond donors (Lipinski definition) is 0. The fourth-order valence-corrected chi connectivity index (χ4v) is 16.8. The molecule has 0 fully saturated rings. The Kier molecular flexibility index (Phi) is 10.7. The quantitative estimate of drug-likeness (QED) is 0.166. The molecule has 424 valence electrons. The number of para-hydroxylation sites is 2. The first-order chi connectivity index (χ1) is 45.6. The summed E-state index contributed by atoms with van der Waals surface area (Å²) < 4.78 is 0. The molecule has 0 aliphatic heterocycles. The molecule has 2 spiro atoms. The van der Waals surface area contributed by atoms with Crippen molar-refractivity contribution in [3.05, 3.63) is 360 Å². The monoisotopic (exact) mass is 1160 g/mol. The summed E-state index contributed by atoms with van der Waals surface area (Å²) in [5, 5.41) is 3.17. The van der Waals surface area contributed by atoms with Crippen molar-refractivity contribution in [1.82, 2.24) is 19.9 Å². The minimum absolute atomic E-state index is 0.518. The van der Waals surface area contributed by atoms with Crippen molar-refractivity contribution in [3.8, 4) is 112 Å². The maximum absolute atomic E-state index is 5.85. The van der Waals surface area contributed by atoms with E-state index in [1.165, 1.54) is 89.0 Å². The summed E-state index contributed by atoms with van der Waals surface area (Å²) in [6.07, 6.45) is 3.75. The van der Waals surface area contributed by atoms with E-state index < -0.39 is 10.8 Å². The molecule has 3 heterocycles. The molecule has 4 aliphatic rings. The SMILES string of the molecule is c1ccc2c(c1)-c1ccccc1C21c2ccccc2-c2ccc(-c3cc(-c4ccc5c(c4)C4(c6ccccc6-c6ccccc64)c4ccccc4-5)c4nc(-c5ccc(-c6cccc7cccnc67)cc5)nc(-c5ccc(-c6cccc7cccnc67)cc5)c4c3)cc21. The van der Waals surface area contributed by atoms with E-state index >= 15 is 0 Å². The fourth-order valence-electron chi connectivity index (χ4n) is 16.8. The standard InChI is InChI=1S/C88H52N4/c1-7-29-74-64(21-1)65-22-2-8-30-75(65)87(74)78-33-11-5-25-68(78)70-45-43-59(51-80(70)87)61-49-72(60-44-46-71-69-26-6-12-34-79(69)88(81(71)52-60)76-31-9-3-23-66(76)67-24-4-10-32-77(67)88)85-73(50-61)84(57-39-35-53(36-40-57)62-27-13-17-55-19-15-47-89-82(55)62)91-86(92-85)58-41-37-54(38-42-58)63-28-14-18-56-20-16-48-90-83(56)63/h1-52H. The number of pyridine rings is 2. The molecule has 0 radical (unpaired) electrons. The molecule has 92 heavy (non-hydrogen) atoms. The van der Waals surface area contributed by atoms with E-state index in [1.807, 2.05) is 24.5 Å². The second-order valence-corrected chi connectivity index (χ2v) is 25.0. The van der Waals surface area contributed by atoms with Crippen LogP contribution in [0.4, 0.5) is 0 Å². The van der Waals surface area contributed by atoms with Gasteiger partial charge in [-0.05, 0) is 153 Å². The number of aromatic nitrogens is 4. The molecule has 4 aliphatic carbocycles. The summed E-state index contributed by atoms with van der Waals surface area (Å²) in [7, 11) is 0. The van der Waals surface area contributed by atoms with Crippen LogP contribution in [0.1, 0.15) is 44.5 Å². The molecule has 13 aromatic carbocycles. The molecular weight excluding hydrogens is 1110 g/mol. The van der Waals surface area contributed by atoms with Crippen LogP contribution in [0.15, 0.2) is 316 Å². The van der Waals surface area contributed by atoms with Gasteiger partial charge in [0.05, 0.1) is 33.1 Å². The minimum Gasteiger partial charge on any atom is -0.256 e. The summed E-state index contributed by atoms with van der Waals surface area (Å²) in [5.74, 6) is 0.644. The van der Waals surface area contributed by atoms with Crippen molar-refractivity contribution in [2.45, 2.75) is 10.8 Å². The third kappa shape index (κ3) is 6.95. The first-order valence-corrected chi connectivity index (χ1v) is 31.7. The van der Waals surface area contributed by atoms with Crippen LogP contribution in [0, 0.1) is 0 Å². The largest absolute Gasteiger partial charge is 0.256 e. The Labute approximate surface area is 532 Å². The number of fused-ring (bicyclic) bond motifs is 23. The Morgan fingerprint density at radius 2 is 0.565 bits per heavy atom. The van der Waals surface area contributed by atoms with Gasteiger partial charge < -0.3 is 0 Å². The molecule has 0 unspecified atom stereocenters. The number of hydrogen-bond acceptors (Lipinski definition) is 4. The molecule has 4 nitrogen and oxygen atoms in total. The van der Waals surface area contributed by atoms with Gasteiger partial charge in [0.2, 0.25) is 0 Å². The zero-order valence-corrected chi connectivity index (χ0v) is 49.8. The molecule has 0 bridgehead atoms. The highest BCUT2D eigenvalue weighted by molar-refractivity contribution is 6.07. The lowest BCUT2D eigenvalue weighted by Gasteiger charge is -2.31. The van der Waals surface area contributed by atoms with Gasteiger partial charge in [-0.1, -0.05) is 267 Å². The molecule has 0 saturated heterocycles. The van der Waals surface area contributed by atoms with Crippen LogP contribution >= 0.6 is 0 Å². The average molecular weight is 1170 g/mol. The van der Waals surface area contributed by atoms with E-state index in [9.17, 15) is 0 Å². The Morgan fingerprint density at radius 3 is 1.02 bits per heavy atom. The molecule has 4 heteroatoms. The maximum Gasteiger partial charge on any atom is 0.160 e. The lowest BCUT2D eigenvalue weighted by molar-refractivity contribution is 0.794. The van der Waals surface area contributed by atoms with E-state index in [2.05, 4.69) is 291 Å². The van der Waals surface area contributed by atoms with Crippen LogP contribution in [-0.2, 0) is 10.8 Å². The lowest BCUT2D eigenvalue weighted by atomic mass is 9.70. The first kappa shape index (κ1) is 51.0. The van der Waals surface area contributed by atoms with E-state index in [0.29, 0.717) is 5.82 Å². The van der Waals surface area contributed by atoms with Gasteiger partial charge in [-0.25, -0.2) is 9.97 Å². The van der Waals surface area contributed by atoms with Gasteiger partial charge in [0.25, 0.3) is 0 Å². The minimum atomic E-state index is -0.548. The highest BCUT2D eigenvalue weighted by Crippen LogP contribution is 2.65. The van der Waals surface area contributed by atoms with E-state index in [4.69, 9.17) is 19.9 Å².